The number of phenolic OH excluding ortho intramolecular Hbond substituents is 1. The number of rotatable bonds is 4. The van der Waals surface area contributed by atoms with Crippen molar-refractivity contribution in [2.24, 2.45) is 0 Å². The molecule has 0 fully saturated rings. The Morgan fingerprint density at radius 3 is 2.21 bits per heavy atom. The van der Waals surface area contributed by atoms with E-state index >= 15 is 0 Å². The molecule has 0 aliphatic rings. The molecule has 78 valence electrons. The molecule has 0 aliphatic carbocycles. The number of hydrogen-bond acceptors (Lipinski definition) is 4. The van der Waals surface area contributed by atoms with Crippen molar-refractivity contribution in [3.8, 4) is 17.2 Å². The summed E-state index contributed by atoms with van der Waals surface area (Å²) < 4.78 is 10.1. The standard InChI is InChI=1S/C10H14O4/c1-13-9-5-7(3-4-11)8(12)6-10(9)14-2/h5-6,11-12H,3-4H2,1-2H3. The van der Waals surface area contributed by atoms with Crippen LogP contribution in [0.5, 0.6) is 17.2 Å². The van der Waals surface area contributed by atoms with Gasteiger partial charge in [-0.2, -0.15) is 0 Å². The number of benzene rings is 1. The maximum atomic E-state index is 9.53. The van der Waals surface area contributed by atoms with Crippen molar-refractivity contribution in [2.75, 3.05) is 20.8 Å². The van der Waals surface area contributed by atoms with Gasteiger partial charge in [-0.25, -0.2) is 0 Å². The number of aliphatic hydroxyl groups excluding tert-OH is 1. The fourth-order valence-corrected chi connectivity index (χ4v) is 1.23. The van der Waals surface area contributed by atoms with E-state index in [1.807, 2.05) is 0 Å². The summed E-state index contributed by atoms with van der Waals surface area (Å²) in [5.74, 6) is 1.14. The molecule has 0 saturated heterocycles. The van der Waals surface area contributed by atoms with Crippen LogP contribution in [0.15, 0.2) is 12.1 Å². The first-order valence-corrected chi connectivity index (χ1v) is 4.27. The van der Waals surface area contributed by atoms with E-state index in [1.54, 1.807) is 6.07 Å². The molecule has 0 bridgehead atoms. The molecule has 0 atom stereocenters. The molecule has 1 aromatic rings. The van der Waals surface area contributed by atoms with Crippen molar-refractivity contribution in [1.82, 2.24) is 0 Å². The minimum Gasteiger partial charge on any atom is -0.508 e. The smallest absolute Gasteiger partial charge is 0.164 e. The van der Waals surface area contributed by atoms with Crippen LogP contribution >= 0.6 is 0 Å². The summed E-state index contributed by atoms with van der Waals surface area (Å²) in [7, 11) is 3.03. The van der Waals surface area contributed by atoms with Crippen LogP contribution < -0.4 is 9.47 Å². The normalized spacial score (nSPS) is 9.93. The lowest BCUT2D eigenvalue weighted by Crippen LogP contribution is -1.95. The molecular weight excluding hydrogens is 184 g/mol. The number of aromatic hydroxyl groups is 1. The van der Waals surface area contributed by atoms with Gasteiger partial charge in [0.15, 0.2) is 11.5 Å². The molecule has 0 amide bonds. The highest BCUT2D eigenvalue weighted by molar-refractivity contribution is 5.50. The van der Waals surface area contributed by atoms with E-state index in [0.29, 0.717) is 23.5 Å². The topological polar surface area (TPSA) is 58.9 Å². The minimum atomic E-state index is -0.0109. The Kier molecular flexibility index (Phi) is 3.59. The number of phenols is 1. The van der Waals surface area contributed by atoms with Gasteiger partial charge in [0.2, 0.25) is 0 Å². The highest BCUT2D eigenvalue weighted by atomic mass is 16.5. The lowest BCUT2D eigenvalue weighted by Gasteiger charge is -2.10. The monoisotopic (exact) mass is 198 g/mol. The van der Waals surface area contributed by atoms with E-state index in [2.05, 4.69) is 0 Å². The van der Waals surface area contributed by atoms with Gasteiger partial charge in [0.25, 0.3) is 0 Å². The molecule has 2 N–H and O–H groups in total. The van der Waals surface area contributed by atoms with Crippen molar-refractivity contribution in [1.29, 1.82) is 0 Å². The Morgan fingerprint density at radius 1 is 1.14 bits per heavy atom. The zero-order valence-electron chi connectivity index (χ0n) is 8.28. The quantitative estimate of drug-likeness (QED) is 0.756. The molecule has 0 aliphatic heterocycles. The zero-order valence-corrected chi connectivity index (χ0v) is 8.28. The minimum absolute atomic E-state index is 0.0109. The van der Waals surface area contributed by atoms with Crippen LogP contribution in [-0.4, -0.2) is 31.0 Å². The summed E-state index contributed by atoms with van der Waals surface area (Å²) in [5, 5.41) is 18.3. The third-order valence-corrected chi connectivity index (χ3v) is 1.97. The number of aliphatic hydroxyl groups is 1. The maximum absolute atomic E-state index is 9.53. The third kappa shape index (κ3) is 2.09. The van der Waals surface area contributed by atoms with Crippen molar-refractivity contribution in [3.05, 3.63) is 17.7 Å². The fraction of sp³-hybridized carbons (Fsp3) is 0.400. The highest BCUT2D eigenvalue weighted by Gasteiger charge is 2.09. The van der Waals surface area contributed by atoms with E-state index in [0.717, 1.165) is 0 Å². The molecule has 0 heterocycles. The summed E-state index contributed by atoms with van der Waals surface area (Å²) in [4.78, 5) is 0. The molecule has 0 aromatic heterocycles. The molecule has 4 nitrogen and oxygen atoms in total. The number of hydrogen-bond donors (Lipinski definition) is 2. The van der Waals surface area contributed by atoms with Crippen LogP contribution in [0.1, 0.15) is 5.56 Å². The second kappa shape index (κ2) is 4.72. The highest BCUT2D eigenvalue weighted by Crippen LogP contribution is 2.33. The molecule has 0 unspecified atom stereocenters. The molecule has 1 aromatic carbocycles. The van der Waals surface area contributed by atoms with Crippen LogP contribution in [-0.2, 0) is 6.42 Å². The molecule has 0 radical (unpaired) electrons. The molecule has 14 heavy (non-hydrogen) atoms. The van der Waals surface area contributed by atoms with Crippen LogP contribution in [0.3, 0.4) is 0 Å². The van der Waals surface area contributed by atoms with E-state index in [-0.39, 0.29) is 12.4 Å². The Morgan fingerprint density at radius 2 is 1.71 bits per heavy atom. The van der Waals surface area contributed by atoms with Gasteiger partial charge < -0.3 is 19.7 Å². The van der Waals surface area contributed by atoms with E-state index in [9.17, 15) is 5.11 Å². The Hall–Kier alpha value is -1.42. The van der Waals surface area contributed by atoms with E-state index < -0.39 is 0 Å². The van der Waals surface area contributed by atoms with Crippen molar-refractivity contribution in [2.45, 2.75) is 6.42 Å². The van der Waals surface area contributed by atoms with Crippen LogP contribution in [0, 0.1) is 0 Å². The van der Waals surface area contributed by atoms with Gasteiger partial charge in [0.05, 0.1) is 14.2 Å². The van der Waals surface area contributed by atoms with Gasteiger partial charge >= 0.3 is 0 Å². The summed E-state index contributed by atoms with van der Waals surface area (Å²) in [6, 6.07) is 3.13. The Balaban J connectivity index is 3.09. The zero-order chi connectivity index (χ0) is 10.6. The fourth-order valence-electron chi connectivity index (χ4n) is 1.23. The predicted molar refractivity (Wildman–Crippen MR) is 52.0 cm³/mol. The van der Waals surface area contributed by atoms with Crippen LogP contribution in [0.25, 0.3) is 0 Å². The number of ether oxygens (including phenoxy) is 2. The van der Waals surface area contributed by atoms with Gasteiger partial charge in [-0.05, 0) is 12.5 Å². The van der Waals surface area contributed by atoms with E-state index in [4.69, 9.17) is 14.6 Å². The van der Waals surface area contributed by atoms with E-state index in [1.165, 1.54) is 20.3 Å². The first kappa shape index (κ1) is 10.7. The lowest BCUT2D eigenvalue weighted by molar-refractivity contribution is 0.296. The summed E-state index contributed by atoms with van der Waals surface area (Å²) in [6.07, 6.45) is 0.395. The van der Waals surface area contributed by atoms with Crippen molar-refractivity contribution >= 4 is 0 Å². The molecule has 0 saturated carbocycles. The SMILES string of the molecule is COc1cc(O)c(CCO)cc1OC. The first-order valence-electron chi connectivity index (χ1n) is 4.27. The second-order valence-electron chi connectivity index (χ2n) is 2.81. The van der Waals surface area contributed by atoms with Gasteiger partial charge in [-0.15, -0.1) is 0 Å². The predicted octanol–water partition coefficient (Wildman–Crippen LogP) is 0.944. The third-order valence-electron chi connectivity index (χ3n) is 1.97. The van der Waals surface area contributed by atoms with Gasteiger partial charge in [-0.3, -0.25) is 0 Å². The molecule has 0 spiro atoms. The Labute approximate surface area is 82.7 Å². The van der Waals surface area contributed by atoms with Crippen LogP contribution in [0.2, 0.25) is 0 Å². The average Bonchev–Trinajstić information content (AvgIpc) is 2.20. The second-order valence-corrected chi connectivity index (χ2v) is 2.81. The summed E-state index contributed by atoms with van der Waals surface area (Å²) in [6.45, 7) is -0.0109. The maximum Gasteiger partial charge on any atom is 0.164 e. The molecular formula is C10H14O4. The molecule has 4 heteroatoms. The summed E-state index contributed by atoms with van der Waals surface area (Å²) >= 11 is 0. The largest absolute Gasteiger partial charge is 0.508 e. The van der Waals surface area contributed by atoms with Crippen LogP contribution in [0.4, 0.5) is 0 Å². The Bertz CT molecular complexity index is 309. The first-order chi connectivity index (χ1) is 6.72. The number of methoxy groups -OCH3 is 2. The summed E-state index contributed by atoms with van der Waals surface area (Å²) in [5.41, 5.74) is 0.644. The van der Waals surface area contributed by atoms with Crippen molar-refractivity contribution in [3.63, 3.8) is 0 Å². The van der Waals surface area contributed by atoms with Gasteiger partial charge in [-0.1, -0.05) is 0 Å². The van der Waals surface area contributed by atoms with Gasteiger partial charge in [0.1, 0.15) is 5.75 Å². The average molecular weight is 198 g/mol. The van der Waals surface area contributed by atoms with Gasteiger partial charge in [0, 0.05) is 18.2 Å². The molecule has 1 rings (SSSR count). The lowest BCUT2D eigenvalue weighted by atomic mass is 10.1. The van der Waals surface area contributed by atoms with Crippen molar-refractivity contribution < 1.29 is 19.7 Å².